The second kappa shape index (κ2) is 7.26. The summed E-state index contributed by atoms with van der Waals surface area (Å²) >= 11 is 0. The van der Waals surface area contributed by atoms with Gasteiger partial charge in [0.15, 0.2) is 0 Å². The molecule has 0 unspecified atom stereocenters. The van der Waals surface area contributed by atoms with Gasteiger partial charge in [0.05, 0.1) is 18.6 Å². The molecule has 0 aromatic carbocycles. The molecule has 2 N–H and O–H groups in total. The largest absolute Gasteiger partial charge is 0.343 e. The highest BCUT2D eigenvalue weighted by Crippen LogP contribution is 2.20. The third-order valence-electron chi connectivity index (χ3n) is 3.89. The highest BCUT2D eigenvalue weighted by atomic mass is 32.2. The summed E-state index contributed by atoms with van der Waals surface area (Å²) in [5, 5.41) is 2.57. The summed E-state index contributed by atoms with van der Waals surface area (Å²) in [6.45, 7) is 5.43. The third kappa shape index (κ3) is 5.00. The molecule has 21 heavy (non-hydrogen) atoms. The molecule has 0 saturated carbocycles. The summed E-state index contributed by atoms with van der Waals surface area (Å²) in [5.74, 6) is 0.358. The van der Waals surface area contributed by atoms with E-state index in [0.29, 0.717) is 19.3 Å². The molecule has 0 amide bonds. The van der Waals surface area contributed by atoms with Crippen LogP contribution < -0.4 is 10.0 Å². The Labute approximate surface area is 127 Å². The van der Waals surface area contributed by atoms with Gasteiger partial charge in [0, 0.05) is 6.54 Å². The van der Waals surface area contributed by atoms with Crippen LogP contribution in [0.25, 0.3) is 0 Å². The Hall–Kier alpha value is -1.08. The van der Waals surface area contributed by atoms with Crippen LogP contribution >= 0.6 is 0 Å². The van der Waals surface area contributed by atoms with E-state index in [-0.39, 0.29) is 0 Å². The van der Waals surface area contributed by atoms with Crippen LogP contribution in [0.5, 0.6) is 0 Å². The molecular formula is C14H26N4O2S. The van der Waals surface area contributed by atoms with Crippen LogP contribution in [0.2, 0.25) is 0 Å². The molecule has 1 aliphatic heterocycles. The van der Waals surface area contributed by atoms with Crippen LogP contribution in [-0.4, -0.2) is 44.4 Å². The summed E-state index contributed by atoms with van der Waals surface area (Å²) in [6.07, 6.45) is 8.52. The molecule has 2 aliphatic rings. The van der Waals surface area contributed by atoms with Crippen molar-refractivity contribution < 1.29 is 8.42 Å². The van der Waals surface area contributed by atoms with Crippen molar-refractivity contribution in [3.8, 4) is 0 Å². The van der Waals surface area contributed by atoms with E-state index in [9.17, 15) is 8.42 Å². The predicted octanol–water partition coefficient (Wildman–Crippen LogP) is 1.38. The van der Waals surface area contributed by atoms with E-state index in [1.807, 2.05) is 0 Å². The molecule has 0 fully saturated rings. The van der Waals surface area contributed by atoms with E-state index in [1.165, 1.54) is 25.7 Å². The van der Waals surface area contributed by atoms with Gasteiger partial charge in [0.25, 0.3) is 0 Å². The topological polar surface area (TPSA) is 73.8 Å². The molecule has 7 heteroatoms. The smallest absolute Gasteiger partial charge is 0.237 e. The highest BCUT2D eigenvalue weighted by molar-refractivity contribution is 7.90. The molecule has 2 rings (SSSR count). The molecule has 1 heterocycles. The normalized spacial score (nSPS) is 20.7. The maximum atomic E-state index is 11.8. The van der Waals surface area contributed by atoms with Gasteiger partial charge in [-0.3, -0.25) is 9.62 Å². The van der Waals surface area contributed by atoms with E-state index in [2.05, 4.69) is 26.0 Å². The Morgan fingerprint density at radius 1 is 1.43 bits per heavy atom. The minimum Gasteiger partial charge on any atom is -0.343 e. The molecule has 6 nitrogen and oxygen atoms in total. The van der Waals surface area contributed by atoms with Crippen molar-refractivity contribution in [3.05, 3.63) is 11.6 Å². The molecule has 0 aromatic rings. The Morgan fingerprint density at radius 2 is 2.24 bits per heavy atom. The lowest BCUT2D eigenvalue weighted by molar-refractivity contribution is 0.265. The predicted molar refractivity (Wildman–Crippen MR) is 85.4 cm³/mol. The van der Waals surface area contributed by atoms with Gasteiger partial charge in [0.2, 0.25) is 16.0 Å². The van der Waals surface area contributed by atoms with Gasteiger partial charge in [-0.2, -0.15) is 0 Å². The molecule has 120 valence electrons. The number of hydrogen-bond donors (Lipinski definition) is 2. The van der Waals surface area contributed by atoms with Crippen LogP contribution in [0.3, 0.4) is 0 Å². The first-order chi connectivity index (χ1) is 9.97. The monoisotopic (exact) mass is 314 g/mol. The summed E-state index contributed by atoms with van der Waals surface area (Å²) in [4.78, 5) is 6.45. The van der Waals surface area contributed by atoms with E-state index in [4.69, 9.17) is 0 Å². The average molecular weight is 314 g/mol. The van der Waals surface area contributed by atoms with Crippen molar-refractivity contribution in [2.24, 2.45) is 4.99 Å². The van der Waals surface area contributed by atoms with Crippen molar-refractivity contribution in [1.82, 2.24) is 14.9 Å². The fraction of sp³-hybridized carbons (Fsp3) is 0.786. The molecule has 0 aromatic heterocycles. The van der Waals surface area contributed by atoms with Crippen LogP contribution in [0.15, 0.2) is 16.6 Å². The lowest BCUT2D eigenvalue weighted by Crippen LogP contribution is -2.51. The summed E-state index contributed by atoms with van der Waals surface area (Å²) in [7, 11) is -3.32. The zero-order chi connectivity index (χ0) is 15.3. The number of nitrogens with zero attached hydrogens (tertiary/aromatic N) is 2. The Balaban J connectivity index is 1.78. The Bertz CT molecular complexity index is 511. The Morgan fingerprint density at radius 3 is 2.81 bits per heavy atom. The van der Waals surface area contributed by atoms with Crippen LogP contribution in [0.4, 0.5) is 0 Å². The maximum Gasteiger partial charge on any atom is 0.237 e. The van der Waals surface area contributed by atoms with Gasteiger partial charge < -0.3 is 5.32 Å². The first-order valence-electron chi connectivity index (χ1n) is 7.67. The summed E-state index contributed by atoms with van der Waals surface area (Å²) in [5.41, 5.74) is 1.55. The van der Waals surface area contributed by atoms with Gasteiger partial charge in [-0.05, 0) is 46.0 Å². The van der Waals surface area contributed by atoms with Crippen molar-refractivity contribution in [3.63, 3.8) is 0 Å². The molecule has 0 atom stereocenters. The summed E-state index contributed by atoms with van der Waals surface area (Å²) < 4.78 is 26.0. The third-order valence-corrected chi connectivity index (χ3v) is 5.61. The van der Waals surface area contributed by atoms with Gasteiger partial charge in [-0.15, -0.1) is 0 Å². The zero-order valence-electron chi connectivity index (χ0n) is 12.9. The maximum absolute atomic E-state index is 11.8. The van der Waals surface area contributed by atoms with Crippen molar-refractivity contribution in [2.75, 3.05) is 19.9 Å². The standard InChI is InChI=1S/C14H26N4O2S/c1-12(2)21(19,20)17-14-15-10-18(11-16-14)9-8-13-6-4-3-5-7-13/h6,12H,3-5,7-11H2,1-2H3,(H2,15,16,17). The van der Waals surface area contributed by atoms with Gasteiger partial charge in [-0.25, -0.2) is 13.4 Å². The number of guanidine groups is 1. The molecule has 0 saturated heterocycles. The minimum absolute atomic E-state index is 0.358. The first-order valence-corrected chi connectivity index (χ1v) is 9.22. The molecule has 0 spiro atoms. The fourth-order valence-electron chi connectivity index (χ4n) is 2.37. The number of rotatable bonds is 5. The zero-order valence-corrected chi connectivity index (χ0v) is 13.7. The number of allylic oxidation sites excluding steroid dienone is 1. The van der Waals surface area contributed by atoms with Gasteiger partial charge in [0.1, 0.15) is 0 Å². The van der Waals surface area contributed by atoms with E-state index in [1.54, 1.807) is 19.4 Å². The van der Waals surface area contributed by atoms with Crippen molar-refractivity contribution in [1.29, 1.82) is 0 Å². The molecule has 1 aliphatic carbocycles. The van der Waals surface area contributed by atoms with Crippen LogP contribution in [0, 0.1) is 0 Å². The van der Waals surface area contributed by atoms with Gasteiger partial charge in [-0.1, -0.05) is 11.6 Å². The van der Waals surface area contributed by atoms with Crippen LogP contribution in [-0.2, 0) is 10.0 Å². The lowest BCUT2D eigenvalue weighted by Gasteiger charge is -2.28. The highest BCUT2D eigenvalue weighted by Gasteiger charge is 2.20. The SMILES string of the molecule is CC(C)S(=O)(=O)NC1=NCN(CCC2=CCCCC2)CN1. The average Bonchev–Trinajstić information content (AvgIpc) is 2.47. The second-order valence-corrected chi connectivity index (χ2v) is 8.17. The number of hydrogen-bond acceptors (Lipinski definition) is 5. The van der Waals surface area contributed by atoms with Crippen molar-refractivity contribution in [2.45, 2.75) is 51.2 Å². The van der Waals surface area contributed by atoms with Crippen molar-refractivity contribution >= 4 is 16.0 Å². The minimum atomic E-state index is -3.32. The first kappa shape index (κ1) is 16.3. The molecule has 0 bridgehead atoms. The number of sulfonamides is 1. The lowest BCUT2D eigenvalue weighted by atomic mass is 9.97. The van der Waals surface area contributed by atoms with Gasteiger partial charge >= 0.3 is 0 Å². The quantitative estimate of drug-likeness (QED) is 0.752. The fourth-order valence-corrected chi connectivity index (χ4v) is 3.01. The number of nitrogens with one attached hydrogen (secondary N) is 2. The van der Waals surface area contributed by atoms with E-state index in [0.717, 1.165) is 13.0 Å². The number of aliphatic imine (C=N–C) groups is 1. The Kier molecular flexibility index (Phi) is 5.64. The molecular weight excluding hydrogens is 288 g/mol. The summed E-state index contributed by atoms with van der Waals surface area (Å²) in [6, 6.07) is 0. The van der Waals surface area contributed by atoms with Crippen LogP contribution in [0.1, 0.15) is 46.0 Å². The molecule has 0 radical (unpaired) electrons. The van der Waals surface area contributed by atoms with E-state index < -0.39 is 15.3 Å². The second-order valence-electron chi connectivity index (χ2n) is 5.93. The van der Waals surface area contributed by atoms with E-state index >= 15 is 0 Å².